The average molecular weight is 296 g/mol. The molecule has 2 amide bonds. The molecule has 0 radical (unpaired) electrons. The van der Waals surface area contributed by atoms with Gasteiger partial charge in [-0.25, -0.2) is 0 Å². The highest BCUT2D eigenvalue weighted by molar-refractivity contribution is 6.16. The Morgan fingerprint density at radius 1 is 1.27 bits per heavy atom. The Bertz CT molecular complexity index is 761. The number of carbonyl (C=O) groups is 2. The Morgan fingerprint density at radius 2 is 2.05 bits per heavy atom. The molecule has 1 saturated carbocycles. The highest BCUT2D eigenvalue weighted by Gasteiger charge is 2.38. The molecule has 0 saturated heterocycles. The lowest BCUT2D eigenvalue weighted by Gasteiger charge is -2.34. The molecule has 1 atom stereocenters. The summed E-state index contributed by atoms with van der Waals surface area (Å²) in [6.45, 7) is 1.74. The van der Waals surface area contributed by atoms with Crippen LogP contribution in [0.25, 0.3) is 0 Å². The number of para-hydroxylation sites is 2. The first-order chi connectivity index (χ1) is 10.7. The zero-order valence-electron chi connectivity index (χ0n) is 12.2. The molecule has 1 aliphatic carbocycles. The van der Waals surface area contributed by atoms with Crippen molar-refractivity contribution in [2.75, 3.05) is 10.2 Å². The maximum Gasteiger partial charge on any atom is 0.262 e. The van der Waals surface area contributed by atoms with Gasteiger partial charge in [0.2, 0.25) is 5.91 Å². The fourth-order valence-electron chi connectivity index (χ4n) is 2.93. The number of fused-ring (bicyclic) bond motifs is 1. The van der Waals surface area contributed by atoms with Crippen LogP contribution in [0.1, 0.15) is 41.8 Å². The van der Waals surface area contributed by atoms with E-state index in [1.165, 1.54) is 0 Å². The topological polar surface area (TPSA) is 62.6 Å². The number of nitrogens with one attached hydrogen (secondary N) is 1. The Kier molecular flexibility index (Phi) is 2.82. The molecule has 4 rings (SSSR count). The van der Waals surface area contributed by atoms with Crippen LogP contribution in [-0.4, -0.2) is 17.9 Å². The molecule has 5 nitrogen and oxygen atoms in total. The molecule has 5 heteroatoms. The fraction of sp³-hybridized carbons (Fsp3) is 0.294. The molecule has 2 heterocycles. The number of carbonyl (C=O) groups excluding carboxylic acids is 2. The number of amides is 2. The molecule has 1 fully saturated rings. The van der Waals surface area contributed by atoms with E-state index in [1.54, 1.807) is 30.2 Å². The average Bonchev–Trinajstić information content (AvgIpc) is 3.25. The van der Waals surface area contributed by atoms with Gasteiger partial charge < -0.3 is 9.73 Å². The molecule has 2 aromatic rings. The predicted molar refractivity (Wildman–Crippen MR) is 82.0 cm³/mol. The summed E-state index contributed by atoms with van der Waals surface area (Å²) in [6, 6.07) is 8.50. The lowest BCUT2D eigenvalue weighted by atomic mass is 10.1. The van der Waals surface area contributed by atoms with Crippen molar-refractivity contribution in [2.45, 2.75) is 31.7 Å². The van der Waals surface area contributed by atoms with Gasteiger partial charge in [0.15, 0.2) is 0 Å². The van der Waals surface area contributed by atoms with Gasteiger partial charge in [-0.3, -0.25) is 14.5 Å². The number of anilines is 2. The summed E-state index contributed by atoms with van der Waals surface area (Å²) >= 11 is 0. The van der Waals surface area contributed by atoms with Crippen LogP contribution in [0.2, 0.25) is 0 Å². The lowest BCUT2D eigenvalue weighted by Crippen LogP contribution is -2.49. The van der Waals surface area contributed by atoms with E-state index in [0.717, 1.165) is 24.3 Å². The standard InChI is InChI=1S/C17H16N2O3/c1-10-16(20)18-13-4-2-3-5-14(13)19(10)17(21)12-8-9-22-15(12)11-6-7-11/h2-5,8-11H,6-7H2,1H3,(H,18,20). The third-order valence-corrected chi connectivity index (χ3v) is 4.28. The number of hydrogen-bond acceptors (Lipinski definition) is 3. The highest BCUT2D eigenvalue weighted by atomic mass is 16.3. The van der Waals surface area contributed by atoms with E-state index >= 15 is 0 Å². The van der Waals surface area contributed by atoms with Crippen molar-refractivity contribution >= 4 is 23.2 Å². The molecule has 0 spiro atoms. The van der Waals surface area contributed by atoms with Crippen molar-refractivity contribution in [2.24, 2.45) is 0 Å². The van der Waals surface area contributed by atoms with Gasteiger partial charge in [0.25, 0.3) is 5.91 Å². The monoisotopic (exact) mass is 296 g/mol. The molecule has 0 bridgehead atoms. The molecule has 1 aromatic carbocycles. The fourth-order valence-corrected chi connectivity index (χ4v) is 2.93. The number of hydrogen-bond donors (Lipinski definition) is 1. The second kappa shape index (κ2) is 4.73. The van der Waals surface area contributed by atoms with Crippen molar-refractivity contribution in [1.82, 2.24) is 0 Å². The van der Waals surface area contributed by atoms with Crippen molar-refractivity contribution in [1.29, 1.82) is 0 Å². The third-order valence-electron chi connectivity index (χ3n) is 4.28. The summed E-state index contributed by atoms with van der Waals surface area (Å²) < 4.78 is 5.50. The first-order valence-electron chi connectivity index (χ1n) is 7.47. The van der Waals surface area contributed by atoms with Crippen molar-refractivity contribution in [3.63, 3.8) is 0 Å². The van der Waals surface area contributed by atoms with E-state index in [-0.39, 0.29) is 11.8 Å². The summed E-state index contributed by atoms with van der Waals surface area (Å²) in [6.07, 6.45) is 3.67. The van der Waals surface area contributed by atoms with Gasteiger partial charge in [0, 0.05) is 5.92 Å². The van der Waals surface area contributed by atoms with Crippen molar-refractivity contribution in [3.8, 4) is 0 Å². The third kappa shape index (κ3) is 1.93. The van der Waals surface area contributed by atoms with Gasteiger partial charge in [0.05, 0.1) is 23.2 Å². The highest BCUT2D eigenvalue weighted by Crippen LogP contribution is 2.43. The van der Waals surface area contributed by atoms with Crippen LogP contribution in [0, 0.1) is 0 Å². The van der Waals surface area contributed by atoms with Gasteiger partial charge >= 0.3 is 0 Å². The summed E-state index contributed by atoms with van der Waals surface area (Å²) in [5.41, 5.74) is 1.96. The van der Waals surface area contributed by atoms with Crippen LogP contribution >= 0.6 is 0 Å². The Morgan fingerprint density at radius 3 is 2.82 bits per heavy atom. The summed E-state index contributed by atoms with van der Waals surface area (Å²) in [4.78, 5) is 26.7. The first kappa shape index (κ1) is 13.1. The van der Waals surface area contributed by atoms with Crippen molar-refractivity contribution < 1.29 is 14.0 Å². The maximum atomic E-state index is 13.0. The molecule has 1 aromatic heterocycles. The van der Waals surface area contributed by atoms with Crippen LogP contribution < -0.4 is 10.2 Å². The van der Waals surface area contributed by atoms with E-state index in [0.29, 0.717) is 17.2 Å². The van der Waals surface area contributed by atoms with Gasteiger partial charge in [-0.1, -0.05) is 12.1 Å². The summed E-state index contributed by atoms with van der Waals surface area (Å²) in [5.74, 6) is 0.743. The largest absolute Gasteiger partial charge is 0.468 e. The smallest absolute Gasteiger partial charge is 0.262 e. The van der Waals surface area contributed by atoms with E-state index in [2.05, 4.69) is 5.32 Å². The van der Waals surface area contributed by atoms with Crippen molar-refractivity contribution in [3.05, 3.63) is 47.9 Å². The Balaban J connectivity index is 1.78. The lowest BCUT2D eigenvalue weighted by molar-refractivity contribution is -0.117. The summed E-state index contributed by atoms with van der Waals surface area (Å²) in [5, 5.41) is 2.83. The number of nitrogens with zero attached hydrogens (tertiary/aromatic N) is 1. The van der Waals surface area contributed by atoms with Gasteiger partial charge in [0.1, 0.15) is 11.8 Å². The zero-order valence-corrected chi connectivity index (χ0v) is 12.2. The van der Waals surface area contributed by atoms with Crippen LogP contribution in [0.15, 0.2) is 41.0 Å². The number of furan rings is 1. The van der Waals surface area contributed by atoms with Gasteiger partial charge in [-0.05, 0) is 38.0 Å². The van der Waals surface area contributed by atoms with E-state index in [1.807, 2.05) is 18.2 Å². The van der Waals surface area contributed by atoms with Gasteiger partial charge in [-0.15, -0.1) is 0 Å². The molecular formula is C17H16N2O3. The van der Waals surface area contributed by atoms with Crippen LogP contribution in [-0.2, 0) is 4.79 Å². The van der Waals surface area contributed by atoms with E-state index in [9.17, 15) is 9.59 Å². The van der Waals surface area contributed by atoms with E-state index < -0.39 is 6.04 Å². The van der Waals surface area contributed by atoms with E-state index in [4.69, 9.17) is 4.42 Å². The maximum absolute atomic E-state index is 13.0. The minimum Gasteiger partial charge on any atom is -0.468 e. The van der Waals surface area contributed by atoms with Crippen LogP contribution in [0.3, 0.4) is 0 Å². The van der Waals surface area contributed by atoms with Crippen LogP contribution in [0.4, 0.5) is 11.4 Å². The molecule has 22 heavy (non-hydrogen) atoms. The van der Waals surface area contributed by atoms with Gasteiger partial charge in [-0.2, -0.15) is 0 Å². The number of rotatable bonds is 2. The minimum atomic E-state index is -0.552. The Labute approximate surface area is 127 Å². The summed E-state index contributed by atoms with van der Waals surface area (Å²) in [7, 11) is 0. The number of benzene rings is 1. The first-order valence-corrected chi connectivity index (χ1v) is 7.47. The Hall–Kier alpha value is -2.56. The molecule has 1 aliphatic heterocycles. The molecule has 2 aliphatic rings. The molecule has 112 valence electrons. The minimum absolute atomic E-state index is 0.176. The second-order valence-corrected chi connectivity index (χ2v) is 5.83. The molecular weight excluding hydrogens is 280 g/mol. The van der Waals surface area contributed by atoms with Crippen LogP contribution in [0.5, 0.6) is 0 Å². The predicted octanol–water partition coefficient (Wildman–Crippen LogP) is 3.14. The zero-order chi connectivity index (χ0) is 15.3. The molecule has 1 unspecified atom stereocenters. The quantitative estimate of drug-likeness (QED) is 0.926. The second-order valence-electron chi connectivity index (χ2n) is 5.83. The normalized spacial score (nSPS) is 20.5. The molecule has 1 N–H and O–H groups in total. The SMILES string of the molecule is CC1C(=O)Nc2ccccc2N1C(=O)c1ccoc1C1CC1.